The van der Waals surface area contributed by atoms with Gasteiger partial charge in [0, 0.05) is 44.1 Å². The zero-order valence-electron chi connectivity index (χ0n) is 19.1. The molecule has 0 spiro atoms. The van der Waals surface area contributed by atoms with Crippen molar-refractivity contribution in [3.63, 3.8) is 0 Å². The lowest BCUT2D eigenvalue weighted by Gasteiger charge is -2.32. The Hall–Kier alpha value is -3.39. The van der Waals surface area contributed by atoms with E-state index in [4.69, 9.17) is 14.0 Å². The number of aryl methyl sites for hydroxylation is 1. The van der Waals surface area contributed by atoms with Crippen molar-refractivity contribution in [3.05, 3.63) is 60.0 Å². The molecule has 0 saturated carbocycles. The number of nitrogens with one attached hydrogen (secondary N) is 1. The molecule has 0 aliphatic carbocycles. The van der Waals surface area contributed by atoms with Gasteiger partial charge >= 0.3 is 0 Å². The lowest BCUT2D eigenvalue weighted by Crippen LogP contribution is -2.44. The molecule has 0 bridgehead atoms. The number of hydrogen-bond acceptors (Lipinski definition) is 7. The maximum absolute atomic E-state index is 12.4. The second-order valence-corrected chi connectivity index (χ2v) is 8.21. The smallest absolute Gasteiger partial charge is 0.227 e. The summed E-state index contributed by atoms with van der Waals surface area (Å²) >= 11 is 0. The monoisotopic (exact) mass is 450 g/mol. The number of rotatable bonds is 9. The number of ether oxygens (including phenoxy) is 2. The molecule has 2 aromatic carbocycles. The van der Waals surface area contributed by atoms with Gasteiger partial charge in [-0.2, -0.15) is 4.98 Å². The number of carbonyl (C=O) groups excluding carboxylic acids is 1. The molecule has 1 saturated heterocycles. The Balaban J connectivity index is 1.19. The van der Waals surface area contributed by atoms with Crippen molar-refractivity contribution in [2.75, 3.05) is 27.3 Å². The van der Waals surface area contributed by atoms with Crippen molar-refractivity contribution >= 4 is 5.91 Å². The fraction of sp³-hybridized carbons (Fsp3) is 0.400. The minimum atomic E-state index is 0.0189. The maximum Gasteiger partial charge on any atom is 0.227 e. The maximum atomic E-state index is 12.4. The molecule has 1 fully saturated rings. The predicted molar refractivity (Wildman–Crippen MR) is 124 cm³/mol. The average molecular weight is 451 g/mol. The van der Waals surface area contributed by atoms with Gasteiger partial charge in [-0.1, -0.05) is 17.3 Å². The van der Waals surface area contributed by atoms with Crippen LogP contribution in [0.5, 0.6) is 11.5 Å². The van der Waals surface area contributed by atoms with Crippen LogP contribution in [0.3, 0.4) is 0 Å². The summed E-state index contributed by atoms with van der Waals surface area (Å²) < 4.78 is 15.8. The standard InChI is InChI=1S/C25H30N4O4/c1-31-21-8-6-19(7-9-21)25-27-24(33-28-25)11-10-23(30)26-20-12-14-29(15-13-20)17-18-4-3-5-22(16-18)32-2/h3-9,16,20H,10-15,17H2,1-2H3,(H,26,30). The molecule has 4 rings (SSSR count). The minimum Gasteiger partial charge on any atom is -0.497 e. The van der Waals surface area contributed by atoms with Crippen molar-refractivity contribution in [2.45, 2.75) is 38.3 Å². The number of aromatic nitrogens is 2. The third kappa shape index (κ3) is 6.32. The van der Waals surface area contributed by atoms with Crippen molar-refractivity contribution in [1.82, 2.24) is 20.4 Å². The van der Waals surface area contributed by atoms with E-state index in [0.29, 0.717) is 24.6 Å². The van der Waals surface area contributed by atoms with Crippen LogP contribution < -0.4 is 14.8 Å². The van der Waals surface area contributed by atoms with Gasteiger partial charge in [0.25, 0.3) is 0 Å². The van der Waals surface area contributed by atoms with E-state index in [1.54, 1.807) is 14.2 Å². The van der Waals surface area contributed by atoms with E-state index in [2.05, 4.69) is 32.5 Å². The van der Waals surface area contributed by atoms with Crippen LogP contribution in [-0.4, -0.2) is 54.3 Å². The largest absolute Gasteiger partial charge is 0.497 e. The molecule has 33 heavy (non-hydrogen) atoms. The predicted octanol–water partition coefficient (Wildman–Crippen LogP) is 3.47. The first-order valence-corrected chi connectivity index (χ1v) is 11.2. The SMILES string of the molecule is COc1ccc(-c2noc(CCC(=O)NC3CCN(Cc4cccc(OC)c4)CC3)n2)cc1. The summed E-state index contributed by atoms with van der Waals surface area (Å²) in [5.41, 5.74) is 2.08. The number of piperidine rings is 1. The lowest BCUT2D eigenvalue weighted by atomic mass is 10.0. The van der Waals surface area contributed by atoms with Crippen molar-refractivity contribution in [1.29, 1.82) is 0 Å². The Morgan fingerprint density at radius 2 is 1.85 bits per heavy atom. The van der Waals surface area contributed by atoms with Crippen LogP contribution in [0, 0.1) is 0 Å². The van der Waals surface area contributed by atoms with Crippen molar-refractivity contribution < 1.29 is 18.8 Å². The summed E-state index contributed by atoms with van der Waals surface area (Å²) in [5, 5.41) is 7.17. The number of carbonyl (C=O) groups is 1. The number of hydrogen-bond donors (Lipinski definition) is 1. The first-order chi connectivity index (χ1) is 16.1. The van der Waals surface area contributed by atoms with Gasteiger partial charge < -0.3 is 19.3 Å². The minimum absolute atomic E-state index is 0.0189. The number of benzene rings is 2. The second-order valence-electron chi connectivity index (χ2n) is 8.21. The first-order valence-electron chi connectivity index (χ1n) is 11.2. The molecule has 8 heteroatoms. The molecule has 0 unspecified atom stereocenters. The lowest BCUT2D eigenvalue weighted by molar-refractivity contribution is -0.122. The van der Waals surface area contributed by atoms with Gasteiger partial charge in [0.05, 0.1) is 14.2 Å². The summed E-state index contributed by atoms with van der Waals surface area (Å²) in [6.45, 7) is 2.81. The number of likely N-dealkylation sites (tertiary alicyclic amines) is 1. The fourth-order valence-electron chi connectivity index (χ4n) is 4.00. The highest BCUT2D eigenvalue weighted by atomic mass is 16.5. The van der Waals surface area contributed by atoms with E-state index in [-0.39, 0.29) is 11.9 Å². The van der Waals surface area contributed by atoms with Crippen LogP contribution in [0.1, 0.15) is 30.7 Å². The van der Waals surface area contributed by atoms with E-state index in [1.165, 1.54) is 5.56 Å². The van der Waals surface area contributed by atoms with E-state index in [0.717, 1.165) is 49.5 Å². The van der Waals surface area contributed by atoms with Gasteiger partial charge in [-0.25, -0.2) is 0 Å². The van der Waals surface area contributed by atoms with Crippen LogP contribution in [0.15, 0.2) is 53.1 Å². The summed E-state index contributed by atoms with van der Waals surface area (Å²) in [6, 6.07) is 15.8. The zero-order valence-corrected chi connectivity index (χ0v) is 19.1. The van der Waals surface area contributed by atoms with Crippen LogP contribution in [0.2, 0.25) is 0 Å². The molecule has 1 aliphatic heterocycles. The van der Waals surface area contributed by atoms with Crippen LogP contribution in [0.4, 0.5) is 0 Å². The van der Waals surface area contributed by atoms with Gasteiger partial charge in [0.2, 0.25) is 17.6 Å². The summed E-state index contributed by atoms with van der Waals surface area (Å²) in [6.07, 6.45) is 2.63. The van der Waals surface area contributed by atoms with E-state index >= 15 is 0 Å². The molecular weight excluding hydrogens is 420 g/mol. The molecule has 1 aromatic heterocycles. The molecule has 1 aliphatic rings. The second kappa shape index (κ2) is 11.0. The quantitative estimate of drug-likeness (QED) is 0.534. The number of amides is 1. The molecule has 1 N–H and O–H groups in total. The Labute approximate surface area is 193 Å². The Kier molecular flexibility index (Phi) is 7.57. The highest BCUT2D eigenvalue weighted by molar-refractivity contribution is 5.76. The fourth-order valence-corrected chi connectivity index (χ4v) is 4.00. The summed E-state index contributed by atoms with van der Waals surface area (Å²) in [4.78, 5) is 19.2. The molecule has 1 amide bonds. The summed E-state index contributed by atoms with van der Waals surface area (Å²) in [7, 11) is 3.31. The van der Waals surface area contributed by atoms with Crippen molar-refractivity contribution in [3.8, 4) is 22.9 Å². The molecule has 2 heterocycles. The van der Waals surface area contributed by atoms with Crippen LogP contribution in [0.25, 0.3) is 11.4 Å². The Morgan fingerprint density at radius 3 is 2.58 bits per heavy atom. The Morgan fingerprint density at radius 1 is 1.09 bits per heavy atom. The van der Waals surface area contributed by atoms with Crippen LogP contribution >= 0.6 is 0 Å². The third-order valence-corrected chi connectivity index (χ3v) is 5.88. The molecule has 3 aromatic rings. The van der Waals surface area contributed by atoms with Gasteiger partial charge in [-0.05, 0) is 54.8 Å². The molecule has 8 nitrogen and oxygen atoms in total. The highest BCUT2D eigenvalue weighted by Gasteiger charge is 2.21. The topological polar surface area (TPSA) is 89.7 Å². The van der Waals surface area contributed by atoms with Gasteiger partial charge in [-0.15, -0.1) is 0 Å². The van der Waals surface area contributed by atoms with Gasteiger partial charge in [-0.3, -0.25) is 9.69 Å². The zero-order chi connectivity index (χ0) is 23.0. The summed E-state index contributed by atoms with van der Waals surface area (Å²) in [5.74, 6) is 2.64. The van der Waals surface area contributed by atoms with E-state index < -0.39 is 0 Å². The molecule has 0 radical (unpaired) electrons. The third-order valence-electron chi connectivity index (χ3n) is 5.88. The number of methoxy groups -OCH3 is 2. The number of nitrogens with zero attached hydrogens (tertiary/aromatic N) is 3. The molecule has 174 valence electrons. The molecule has 0 atom stereocenters. The van der Waals surface area contributed by atoms with E-state index in [1.807, 2.05) is 36.4 Å². The average Bonchev–Trinajstić information content (AvgIpc) is 3.33. The van der Waals surface area contributed by atoms with Crippen LogP contribution in [-0.2, 0) is 17.8 Å². The molecular formula is C25H30N4O4. The Bertz CT molecular complexity index is 1040. The normalized spacial score (nSPS) is 14.7. The van der Waals surface area contributed by atoms with Crippen molar-refractivity contribution in [2.24, 2.45) is 0 Å². The van der Waals surface area contributed by atoms with Gasteiger partial charge in [0.1, 0.15) is 11.5 Å². The first kappa shape index (κ1) is 22.8. The highest BCUT2D eigenvalue weighted by Crippen LogP contribution is 2.20. The van der Waals surface area contributed by atoms with Gasteiger partial charge in [0.15, 0.2) is 0 Å². The van der Waals surface area contributed by atoms with E-state index in [9.17, 15) is 4.79 Å².